The summed E-state index contributed by atoms with van der Waals surface area (Å²) in [5.74, 6) is 0. The van der Waals surface area contributed by atoms with Crippen molar-refractivity contribution in [1.29, 1.82) is 0 Å². The van der Waals surface area contributed by atoms with Gasteiger partial charge in [0.2, 0.25) is 0 Å². The van der Waals surface area contributed by atoms with E-state index in [1.807, 2.05) is 13.8 Å². The molecule has 2 atom stereocenters. The number of hydrogen-bond acceptors (Lipinski definition) is 3. The van der Waals surface area contributed by atoms with Crippen LogP contribution in [0.3, 0.4) is 0 Å². The van der Waals surface area contributed by atoms with Gasteiger partial charge in [-0.3, -0.25) is 0 Å². The van der Waals surface area contributed by atoms with Gasteiger partial charge in [-0.05, 0) is 13.8 Å². The molecule has 0 radical (unpaired) electrons. The predicted octanol–water partition coefficient (Wildman–Crippen LogP) is 0.773. The highest BCUT2D eigenvalue weighted by atomic mass is 127. The summed E-state index contributed by atoms with van der Waals surface area (Å²) < 4.78 is 7.80. The van der Waals surface area contributed by atoms with Crippen LogP contribution >= 0.6 is 22.9 Å². The first-order valence-corrected chi connectivity index (χ1v) is 4.88. The third-order valence-electron chi connectivity index (χ3n) is 1.71. The maximum absolute atomic E-state index is 5.85. The van der Waals surface area contributed by atoms with Gasteiger partial charge in [0.1, 0.15) is 0 Å². The van der Waals surface area contributed by atoms with Crippen molar-refractivity contribution in [2.75, 3.05) is 13.1 Å². The van der Waals surface area contributed by atoms with Gasteiger partial charge in [0.15, 0.2) is 0 Å². The average molecular weight is 270 g/mol. The van der Waals surface area contributed by atoms with Crippen molar-refractivity contribution < 1.29 is 4.74 Å². The standard InChI is InChI=1S/C7H15IN2O/c1-5(2)11-7-4-10(8)3-6(7)9/h5-7H,3-4,9H2,1-2H3. The minimum absolute atomic E-state index is 0.189. The molecule has 66 valence electrons. The number of ether oxygens (including phenoxy) is 1. The van der Waals surface area contributed by atoms with Crippen LogP contribution in [0.4, 0.5) is 0 Å². The first kappa shape index (κ1) is 9.70. The van der Waals surface area contributed by atoms with Crippen LogP contribution in [0.1, 0.15) is 13.8 Å². The van der Waals surface area contributed by atoms with Gasteiger partial charge in [0, 0.05) is 42.0 Å². The van der Waals surface area contributed by atoms with Crippen LogP contribution < -0.4 is 5.73 Å². The van der Waals surface area contributed by atoms with Crippen molar-refractivity contribution >= 4 is 22.9 Å². The Kier molecular flexibility index (Phi) is 3.54. The third kappa shape index (κ3) is 2.85. The molecule has 4 heteroatoms. The first-order valence-electron chi connectivity index (χ1n) is 3.91. The van der Waals surface area contributed by atoms with Gasteiger partial charge in [-0.25, -0.2) is 3.11 Å². The minimum Gasteiger partial charge on any atom is -0.373 e. The smallest absolute Gasteiger partial charge is 0.0876 e. The van der Waals surface area contributed by atoms with E-state index in [4.69, 9.17) is 10.5 Å². The Morgan fingerprint density at radius 3 is 2.55 bits per heavy atom. The second-order valence-electron chi connectivity index (χ2n) is 3.21. The largest absolute Gasteiger partial charge is 0.373 e. The fraction of sp³-hybridized carbons (Fsp3) is 1.00. The molecular weight excluding hydrogens is 255 g/mol. The maximum Gasteiger partial charge on any atom is 0.0876 e. The van der Waals surface area contributed by atoms with Gasteiger partial charge in [0.05, 0.1) is 12.2 Å². The molecule has 0 aromatic heterocycles. The van der Waals surface area contributed by atoms with Crippen LogP contribution in [0, 0.1) is 0 Å². The van der Waals surface area contributed by atoms with E-state index in [0.29, 0.717) is 0 Å². The fourth-order valence-electron chi connectivity index (χ4n) is 1.25. The molecule has 0 saturated carbocycles. The Hall–Kier alpha value is 0.610. The van der Waals surface area contributed by atoms with E-state index in [-0.39, 0.29) is 18.2 Å². The third-order valence-corrected chi connectivity index (χ3v) is 2.50. The summed E-state index contributed by atoms with van der Waals surface area (Å²) in [4.78, 5) is 0. The molecule has 1 saturated heterocycles. The van der Waals surface area contributed by atoms with E-state index in [0.717, 1.165) is 13.1 Å². The highest BCUT2D eigenvalue weighted by Gasteiger charge is 2.29. The minimum atomic E-state index is 0.189. The molecule has 0 aromatic rings. The molecule has 3 nitrogen and oxygen atoms in total. The lowest BCUT2D eigenvalue weighted by molar-refractivity contribution is 0.0104. The zero-order valence-electron chi connectivity index (χ0n) is 6.96. The lowest BCUT2D eigenvalue weighted by atomic mass is 10.2. The molecule has 0 amide bonds. The molecule has 0 bridgehead atoms. The second-order valence-corrected chi connectivity index (χ2v) is 4.58. The Morgan fingerprint density at radius 1 is 1.55 bits per heavy atom. The van der Waals surface area contributed by atoms with Gasteiger partial charge in [-0.15, -0.1) is 0 Å². The van der Waals surface area contributed by atoms with Crippen LogP contribution in [0.2, 0.25) is 0 Å². The summed E-state index contributed by atoms with van der Waals surface area (Å²) in [7, 11) is 0. The van der Waals surface area contributed by atoms with Crippen molar-refractivity contribution in [3.8, 4) is 0 Å². The first-order chi connectivity index (χ1) is 5.09. The maximum atomic E-state index is 5.85. The normalized spacial score (nSPS) is 33.5. The molecule has 2 unspecified atom stereocenters. The molecule has 0 aliphatic carbocycles. The van der Waals surface area contributed by atoms with E-state index >= 15 is 0 Å². The second kappa shape index (κ2) is 4.02. The molecule has 1 aliphatic heterocycles. The van der Waals surface area contributed by atoms with E-state index in [2.05, 4.69) is 26.0 Å². The zero-order chi connectivity index (χ0) is 8.43. The number of nitrogens with zero attached hydrogens (tertiary/aromatic N) is 1. The van der Waals surface area contributed by atoms with Crippen molar-refractivity contribution in [2.45, 2.75) is 32.1 Å². The van der Waals surface area contributed by atoms with Gasteiger partial charge in [-0.1, -0.05) is 0 Å². The van der Waals surface area contributed by atoms with Gasteiger partial charge in [-0.2, -0.15) is 0 Å². The number of hydrogen-bond donors (Lipinski definition) is 1. The molecule has 0 spiro atoms. The quantitative estimate of drug-likeness (QED) is 0.595. The topological polar surface area (TPSA) is 38.5 Å². The van der Waals surface area contributed by atoms with Crippen molar-refractivity contribution in [1.82, 2.24) is 3.11 Å². The van der Waals surface area contributed by atoms with E-state index in [1.54, 1.807) is 0 Å². The summed E-state index contributed by atoms with van der Waals surface area (Å²) in [6.07, 6.45) is 0.515. The Morgan fingerprint density at radius 2 is 2.18 bits per heavy atom. The molecule has 11 heavy (non-hydrogen) atoms. The number of halogens is 1. The van der Waals surface area contributed by atoms with Crippen LogP contribution in [-0.4, -0.2) is 34.5 Å². The average Bonchev–Trinajstić information content (AvgIpc) is 2.09. The molecular formula is C7H15IN2O. The van der Waals surface area contributed by atoms with Crippen molar-refractivity contribution in [2.24, 2.45) is 5.73 Å². The summed E-state index contributed by atoms with van der Waals surface area (Å²) in [5, 5.41) is 0. The van der Waals surface area contributed by atoms with E-state index in [1.165, 1.54) is 0 Å². The summed E-state index contributed by atoms with van der Waals surface area (Å²) >= 11 is 2.28. The molecule has 0 aromatic carbocycles. The SMILES string of the molecule is CC(C)OC1CN(I)CC1N. The highest BCUT2D eigenvalue weighted by Crippen LogP contribution is 2.16. The lowest BCUT2D eigenvalue weighted by Crippen LogP contribution is -2.36. The van der Waals surface area contributed by atoms with E-state index in [9.17, 15) is 0 Å². The van der Waals surface area contributed by atoms with Crippen LogP contribution in [0.15, 0.2) is 0 Å². The highest BCUT2D eigenvalue weighted by molar-refractivity contribution is 14.1. The van der Waals surface area contributed by atoms with Crippen LogP contribution in [0.5, 0.6) is 0 Å². The Labute approximate surface area is 81.8 Å². The van der Waals surface area contributed by atoms with Crippen molar-refractivity contribution in [3.63, 3.8) is 0 Å². The molecule has 1 heterocycles. The zero-order valence-corrected chi connectivity index (χ0v) is 9.11. The molecule has 2 N–H and O–H groups in total. The molecule has 1 aliphatic rings. The summed E-state index contributed by atoms with van der Waals surface area (Å²) in [6, 6.07) is 0.189. The van der Waals surface area contributed by atoms with Crippen LogP contribution in [0.25, 0.3) is 0 Å². The van der Waals surface area contributed by atoms with Crippen LogP contribution in [-0.2, 0) is 4.74 Å². The lowest BCUT2D eigenvalue weighted by Gasteiger charge is -2.17. The van der Waals surface area contributed by atoms with Gasteiger partial charge >= 0.3 is 0 Å². The number of nitrogens with two attached hydrogens (primary N) is 1. The summed E-state index contributed by atoms with van der Waals surface area (Å²) in [5.41, 5.74) is 5.85. The van der Waals surface area contributed by atoms with Gasteiger partial charge in [0.25, 0.3) is 0 Å². The number of rotatable bonds is 2. The molecule has 1 fully saturated rings. The molecule has 1 rings (SSSR count). The van der Waals surface area contributed by atoms with E-state index < -0.39 is 0 Å². The fourth-order valence-corrected chi connectivity index (χ4v) is 2.09. The monoisotopic (exact) mass is 270 g/mol. The Bertz CT molecular complexity index is 132. The van der Waals surface area contributed by atoms with Crippen molar-refractivity contribution in [3.05, 3.63) is 0 Å². The van der Waals surface area contributed by atoms with Gasteiger partial charge < -0.3 is 10.5 Å². The summed E-state index contributed by atoms with van der Waals surface area (Å²) in [6.45, 7) is 5.99. The Balaban J connectivity index is 2.34. The predicted molar refractivity (Wildman–Crippen MR) is 53.6 cm³/mol.